The van der Waals surface area contributed by atoms with Crippen LogP contribution in [-0.4, -0.2) is 43.2 Å². The molecule has 2 amide bonds. The molecule has 0 saturated carbocycles. The van der Waals surface area contributed by atoms with Crippen LogP contribution in [0.25, 0.3) is 11.1 Å². The molecule has 0 fully saturated rings. The minimum Gasteiger partial charge on any atom is -0.350 e. The van der Waals surface area contributed by atoms with Gasteiger partial charge in [-0.05, 0) is 23.8 Å². The Balaban J connectivity index is 1.47. The predicted molar refractivity (Wildman–Crippen MR) is 103 cm³/mol. The zero-order chi connectivity index (χ0) is 19.5. The number of amides is 2. The lowest BCUT2D eigenvalue weighted by Gasteiger charge is -2.27. The molecule has 1 aliphatic rings. The van der Waals surface area contributed by atoms with E-state index >= 15 is 0 Å². The summed E-state index contributed by atoms with van der Waals surface area (Å²) in [4.78, 5) is 26.3. The van der Waals surface area contributed by atoms with Gasteiger partial charge in [0.25, 0.3) is 5.91 Å². The molecule has 3 heterocycles. The molecule has 2 N–H and O–H groups in total. The van der Waals surface area contributed by atoms with Crippen LogP contribution in [0.3, 0.4) is 0 Å². The van der Waals surface area contributed by atoms with E-state index in [1.54, 1.807) is 6.20 Å². The van der Waals surface area contributed by atoms with Crippen LogP contribution in [0.15, 0.2) is 42.7 Å². The number of fused-ring (bicyclic) bond motifs is 1. The highest BCUT2D eigenvalue weighted by molar-refractivity contribution is 5.95. The molecular weight excluding hydrogens is 356 g/mol. The van der Waals surface area contributed by atoms with Crippen LogP contribution in [0, 0.1) is 0 Å². The van der Waals surface area contributed by atoms with Crippen LogP contribution in [0.5, 0.6) is 0 Å². The van der Waals surface area contributed by atoms with Gasteiger partial charge >= 0.3 is 0 Å². The summed E-state index contributed by atoms with van der Waals surface area (Å²) in [5, 5.41) is 14.1. The van der Waals surface area contributed by atoms with Gasteiger partial charge in [0.2, 0.25) is 5.91 Å². The normalized spacial score (nSPS) is 13.2. The SMILES string of the molecule is CCC(=O)NCc1cc2n(n1)CCN(C(=O)c1cccc(-c3cn[nH]c3)c1)C2. The van der Waals surface area contributed by atoms with Gasteiger partial charge in [-0.2, -0.15) is 10.2 Å². The Labute approximate surface area is 162 Å². The van der Waals surface area contributed by atoms with Crippen molar-refractivity contribution in [1.29, 1.82) is 0 Å². The first-order valence-corrected chi connectivity index (χ1v) is 9.35. The van der Waals surface area contributed by atoms with Crippen molar-refractivity contribution < 1.29 is 9.59 Å². The maximum Gasteiger partial charge on any atom is 0.254 e. The van der Waals surface area contributed by atoms with Crippen LogP contribution in [0.4, 0.5) is 0 Å². The Morgan fingerprint density at radius 1 is 1.21 bits per heavy atom. The Kier molecular flexibility index (Phi) is 4.92. The van der Waals surface area contributed by atoms with Crippen molar-refractivity contribution in [2.45, 2.75) is 33.0 Å². The van der Waals surface area contributed by atoms with Gasteiger partial charge < -0.3 is 10.2 Å². The molecule has 0 unspecified atom stereocenters. The van der Waals surface area contributed by atoms with Gasteiger partial charge in [-0.1, -0.05) is 19.1 Å². The van der Waals surface area contributed by atoms with E-state index in [9.17, 15) is 9.59 Å². The van der Waals surface area contributed by atoms with Gasteiger partial charge in [-0.15, -0.1) is 0 Å². The van der Waals surface area contributed by atoms with Crippen molar-refractivity contribution in [3.05, 3.63) is 59.7 Å². The molecular formula is C20H22N6O2. The highest BCUT2D eigenvalue weighted by Crippen LogP contribution is 2.21. The molecule has 8 heteroatoms. The first-order valence-electron chi connectivity index (χ1n) is 9.35. The largest absolute Gasteiger partial charge is 0.350 e. The zero-order valence-corrected chi connectivity index (χ0v) is 15.7. The second kappa shape index (κ2) is 7.67. The summed E-state index contributed by atoms with van der Waals surface area (Å²) in [5.74, 6) is -0.00101. The zero-order valence-electron chi connectivity index (χ0n) is 15.7. The monoisotopic (exact) mass is 378 g/mol. The molecule has 144 valence electrons. The van der Waals surface area contributed by atoms with Gasteiger partial charge in [0, 0.05) is 30.3 Å². The van der Waals surface area contributed by atoms with Gasteiger partial charge in [0.1, 0.15) is 0 Å². The average Bonchev–Trinajstić information content (AvgIpc) is 3.40. The van der Waals surface area contributed by atoms with Crippen LogP contribution in [-0.2, 0) is 24.4 Å². The Bertz CT molecular complexity index is 992. The Hall–Kier alpha value is -3.42. The third-order valence-corrected chi connectivity index (χ3v) is 4.86. The van der Waals surface area contributed by atoms with E-state index in [4.69, 9.17) is 0 Å². The lowest BCUT2D eigenvalue weighted by atomic mass is 10.1. The first-order chi connectivity index (χ1) is 13.6. The van der Waals surface area contributed by atoms with E-state index in [2.05, 4.69) is 20.6 Å². The summed E-state index contributed by atoms with van der Waals surface area (Å²) in [5.41, 5.74) is 4.35. The summed E-state index contributed by atoms with van der Waals surface area (Å²) < 4.78 is 1.92. The molecule has 0 aliphatic carbocycles. The molecule has 1 aromatic carbocycles. The Morgan fingerprint density at radius 3 is 2.89 bits per heavy atom. The number of nitrogens with one attached hydrogen (secondary N) is 2. The molecule has 0 radical (unpaired) electrons. The van der Waals surface area contributed by atoms with E-state index in [1.807, 2.05) is 53.0 Å². The fraction of sp³-hybridized carbons (Fsp3) is 0.300. The van der Waals surface area contributed by atoms with Crippen LogP contribution in [0.1, 0.15) is 35.1 Å². The predicted octanol–water partition coefficient (Wildman–Crippen LogP) is 1.96. The number of rotatable bonds is 5. The van der Waals surface area contributed by atoms with Crippen LogP contribution < -0.4 is 5.32 Å². The second-order valence-corrected chi connectivity index (χ2v) is 6.77. The summed E-state index contributed by atoms with van der Waals surface area (Å²) in [6.45, 7) is 3.98. The molecule has 3 aromatic rings. The number of hydrogen-bond donors (Lipinski definition) is 2. The van der Waals surface area contributed by atoms with Crippen molar-refractivity contribution in [3.8, 4) is 11.1 Å². The van der Waals surface area contributed by atoms with Gasteiger partial charge in [-0.3, -0.25) is 19.4 Å². The van der Waals surface area contributed by atoms with Crippen molar-refractivity contribution in [3.63, 3.8) is 0 Å². The molecule has 0 atom stereocenters. The van der Waals surface area contributed by atoms with E-state index in [0.29, 0.717) is 38.2 Å². The minimum absolute atomic E-state index is 0.000260. The standard InChI is InChI=1S/C20H22N6O2/c1-2-19(27)21-12-17-9-18-13-25(6-7-26(18)24-17)20(28)15-5-3-4-14(8-15)16-10-22-23-11-16/h3-5,8-11H,2,6-7,12-13H2,1H3,(H,21,27)(H,22,23). The maximum atomic E-state index is 13.0. The fourth-order valence-corrected chi connectivity index (χ4v) is 3.32. The molecule has 0 bridgehead atoms. The van der Waals surface area contributed by atoms with E-state index < -0.39 is 0 Å². The van der Waals surface area contributed by atoms with Gasteiger partial charge in [-0.25, -0.2) is 0 Å². The Morgan fingerprint density at radius 2 is 2.11 bits per heavy atom. The summed E-state index contributed by atoms with van der Waals surface area (Å²) >= 11 is 0. The van der Waals surface area contributed by atoms with Crippen molar-refractivity contribution in [1.82, 2.24) is 30.2 Å². The number of nitrogens with zero attached hydrogens (tertiary/aromatic N) is 4. The number of H-pyrrole nitrogens is 1. The number of benzene rings is 1. The number of carbonyl (C=O) groups excluding carboxylic acids is 2. The molecule has 8 nitrogen and oxygen atoms in total. The molecule has 1 aliphatic heterocycles. The van der Waals surface area contributed by atoms with Crippen LogP contribution in [0.2, 0.25) is 0 Å². The van der Waals surface area contributed by atoms with E-state index in [-0.39, 0.29) is 11.8 Å². The topological polar surface area (TPSA) is 95.9 Å². The molecule has 4 rings (SSSR count). The number of aromatic nitrogens is 4. The third-order valence-electron chi connectivity index (χ3n) is 4.86. The maximum absolute atomic E-state index is 13.0. The summed E-state index contributed by atoms with van der Waals surface area (Å²) in [7, 11) is 0. The molecule has 0 saturated heterocycles. The van der Waals surface area contributed by atoms with Crippen LogP contribution >= 0.6 is 0 Å². The number of hydrogen-bond acceptors (Lipinski definition) is 4. The lowest BCUT2D eigenvalue weighted by Crippen LogP contribution is -2.38. The molecule has 2 aromatic heterocycles. The van der Waals surface area contributed by atoms with Crippen molar-refractivity contribution >= 4 is 11.8 Å². The van der Waals surface area contributed by atoms with E-state index in [1.165, 1.54) is 0 Å². The first kappa shape index (κ1) is 18.0. The summed E-state index contributed by atoms with van der Waals surface area (Å²) in [6.07, 6.45) is 4.00. The quantitative estimate of drug-likeness (QED) is 0.709. The van der Waals surface area contributed by atoms with Gasteiger partial charge in [0.15, 0.2) is 0 Å². The second-order valence-electron chi connectivity index (χ2n) is 6.77. The molecule has 0 spiro atoms. The fourth-order valence-electron chi connectivity index (χ4n) is 3.32. The third kappa shape index (κ3) is 3.66. The van der Waals surface area contributed by atoms with Crippen molar-refractivity contribution in [2.24, 2.45) is 0 Å². The highest BCUT2D eigenvalue weighted by Gasteiger charge is 2.23. The van der Waals surface area contributed by atoms with Gasteiger partial charge in [0.05, 0.1) is 37.2 Å². The smallest absolute Gasteiger partial charge is 0.254 e. The average molecular weight is 378 g/mol. The highest BCUT2D eigenvalue weighted by atomic mass is 16.2. The lowest BCUT2D eigenvalue weighted by molar-refractivity contribution is -0.120. The minimum atomic E-state index is -0.00127. The number of aromatic amines is 1. The van der Waals surface area contributed by atoms with Crippen molar-refractivity contribution in [2.75, 3.05) is 6.54 Å². The van der Waals surface area contributed by atoms with E-state index in [0.717, 1.165) is 22.5 Å². The molecule has 28 heavy (non-hydrogen) atoms. The number of carbonyl (C=O) groups is 2. The summed E-state index contributed by atoms with van der Waals surface area (Å²) in [6, 6.07) is 9.54.